The molecule has 0 aliphatic carbocycles. The van der Waals surface area contributed by atoms with Gasteiger partial charge >= 0.3 is 0 Å². The number of hydrogen-bond donors (Lipinski definition) is 1. The molecule has 3 rings (SSSR count). The summed E-state index contributed by atoms with van der Waals surface area (Å²) in [5.74, 6) is 2.54. The van der Waals surface area contributed by atoms with Crippen molar-refractivity contribution < 1.29 is 0 Å². The highest BCUT2D eigenvalue weighted by Gasteiger charge is 2.12. The normalized spacial score (nSPS) is 10.9. The predicted molar refractivity (Wildman–Crippen MR) is 118 cm³/mol. The molecule has 5 nitrogen and oxygen atoms in total. The van der Waals surface area contributed by atoms with E-state index in [9.17, 15) is 0 Å². The van der Waals surface area contributed by atoms with E-state index in [1.54, 1.807) is 0 Å². The van der Waals surface area contributed by atoms with Crippen LogP contribution in [0.25, 0.3) is 11.4 Å². The Morgan fingerprint density at radius 3 is 2.21 bits per heavy atom. The second kappa shape index (κ2) is 9.85. The summed E-state index contributed by atoms with van der Waals surface area (Å²) >= 11 is 0. The first-order chi connectivity index (χ1) is 13.7. The minimum atomic E-state index is 0.747. The summed E-state index contributed by atoms with van der Waals surface area (Å²) in [7, 11) is 4.14. The van der Waals surface area contributed by atoms with Gasteiger partial charge in [-0.25, -0.2) is 9.97 Å². The van der Waals surface area contributed by atoms with Crippen molar-refractivity contribution in [2.45, 2.75) is 13.5 Å². The van der Waals surface area contributed by atoms with E-state index in [-0.39, 0.29) is 0 Å². The quantitative estimate of drug-likeness (QED) is 0.609. The van der Waals surface area contributed by atoms with Crippen LogP contribution in [0.3, 0.4) is 0 Å². The first-order valence-corrected chi connectivity index (χ1v) is 9.77. The Bertz CT molecular complexity index is 849. The van der Waals surface area contributed by atoms with Crippen LogP contribution in [-0.4, -0.2) is 48.6 Å². The fourth-order valence-corrected chi connectivity index (χ4v) is 2.97. The Balaban J connectivity index is 1.91. The highest BCUT2D eigenvalue weighted by atomic mass is 15.2. The molecule has 5 heteroatoms. The molecular formula is C23H29N5. The minimum absolute atomic E-state index is 0.747. The number of anilines is 2. The van der Waals surface area contributed by atoms with E-state index >= 15 is 0 Å². The summed E-state index contributed by atoms with van der Waals surface area (Å²) in [4.78, 5) is 14.1. The molecule has 146 valence electrons. The minimum Gasteiger partial charge on any atom is -0.369 e. The Hall–Kier alpha value is -2.92. The van der Waals surface area contributed by atoms with Crippen LogP contribution in [0.15, 0.2) is 66.7 Å². The molecule has 0 bridgehead atoms. The highest BCUT2D eigenvalue weighted by Crippen LogP contribution is 2.23. The fraction of sp³-hybridized carbons (Fsp3) is 0.304. The van der Waals surface area contributed by atoms with Crippen molar-refractivity contribution in [2.75, 3.05) is 43.9 Å². The molecule has 0 aliphatic heterocycles. The zero-order chi connectivity index (χ0) is 19.8. The van der Waals surface area contributed by atoms with Gasteiger partial charge in [0.25, 0.3) is 0 Å². The van der Waals surface area contributed by atoms with Gasteiger partial charge in [-0.15, -0.1) is 0 Å². The Morgan fingerprint density at radius 2 is 1.57 bits per heavy atom. The van der Waals surface area contributed by atoms with Gasteiger partial charge in [-0.2, -0.15) is 0 Å². The van der Waals surface area contributed by atoms with Crippen LogP contribution in [0.4, 0.5) is 11.6 Å². The maximum atomic E-state index is 4.88. The van der Waals surface area contributed by atoms with Crippen molar-refractivity contribution in [1.82, 2.24) is 14.9 Å². The van der Waals surface area contributed by atoms with Gasteiger partial charge in [0.15, 0.2) is 5.82 Å². The van der Waals surface area contributed by atoms with Crippen molar-refractivity contribution >= 4 is 11.6 Å². The van der Waals surface area contributed by atoms with Gasteiger partial charge in [-0.1, -0.05) is 60.7 Å². The van der Waals surface area contributed by atoms with Crippen LogP contribution in [0.1, 0.15) is 12.5 Å². The van der Waals surface area contributed by atoms with E-state index in [1.807, 2.05) is 24.3 Å². The molecular weight excluding hydrogens is 346 g/mol. The zero-order valence-corrected chi connectivity index (χ0v) is 17.0. The lowest BCUT2D eigenvalue weighted by Crippen LogP contribution is -2.24. The van der Waals surface area contributed by atoms with Crippen molar-refractivity contribution in [2.24, 2.45) is 0 Å². The van der Waals surface area contributed by atoms with E-state index < -0.39 is 0 Å². The van der Waals surface area contributed by atoms with E-state index in [0.717, 1.165) is 49.2 Å². The SMILES string of the molecule is CCN(Cc1ccccc1)c1cc(NCCN(C)C)nc(-c2ccccc2)n1. The molecule has 28 heavy (non-hydrogen) atoms. The second-order valence-electron chi connectivity index (χ2n) is 7.03. The number of nitrogens with one attached hydrogen (secondary N) is 1. The number of rotatable bonds is 9. The monoisotopic (exact) mass is 375 g/mol. The van der Waals surface area contributed by atoms with Crippen molar-refractivity contribution in [3.63, 3.8) is 0 Å². The third-order valence-electron chi connectivity index (χ3n) is 4.53. The van der Waals surface area contributed by atoms with Gasteiger partial charge < -0.3 is 15.1 Å². The van der Waals surface area contributed by atoms with Crippen molar-refractivity contribution in [3.05, 3.63) is 72.3 Å². The molecule has 0 spiro atoms. The molecule has 0 aliphatic rings. The average molecular weight is 376 g/mol. The fourth-order valence-electron chi connectivity index (χ4n) is 2.97. The highest BCUT2D eigenvalue weighted by molar-refractivity contribution is 5.61. The maximum Gasteiger partial charge on any atom is 0.163 e. The smallest absolute Gasteiger partial charge is 0.163 e. The Kier molecular flexibility index (Phi) is 6.98. The van der Waals surface area contributed by atoms with Crippen LogP contribution < -0.4 is 10.2 Å². The topological polar surface area (TPSA) is 44.3 Å². The lowest BCUT2D eigenvalue weighted by atomic mass is 10.2. The number of hydrogen-bond acceptors (Lipinski definition) is 5. The molecule has 3 aromatic rings. The summed E-state index contributed by atoms with van der Waals surface area (Å²) in [6.07, 6.45) is 0. The molecule has 0 amide bonds. The van der Waals surface area contributed by atoms with Crippen LogP contribution >= 0.6 is 0 Å². The third-order valence-corrected chi connectivity index (χ3v) is 4.53. The molecule has 0 atom stereocenters. The molecule has 1 aromatic heterocycles. The van der Waals surface area contributed by atoms with Gasteiger partial charge in [-0.05, 0) is 26.6 Å². The Labute approximate surface area is 168 Å². The van der Waals surface area contributed by atoms with Crippen LogP contribution in [0, 0.1) is 0 Å². The molecule has 0 unspecified atom stereocenters. The third kappa shape index (κ3) is 5.54. The number of aromatic nitrogens is 2. The summed E-state index contributed by atoms with van der Waals surface area (Å²) in [6.45, 7) is 5.63. The lowest BCUT2D eigenvalue weighted by molar-refractivity contribution is 0.425. The van der Waals surface area contributed by atoms with Gasteiger partial charge in [0, 0.05) is 37.8 Å². The summed E-state index contributed by atoms with van der Waals surface area (Å²) in [6, 6.07) is 22.7. The first-order valence-electron chi connectivity index (χ1n) is 9.77. The molecule has 1 N–H and O–H groups in total. The van der Waals surface area contributed by atoms with Crippen molar-refractivity contribution in [1.29, 1.82) is 0 Å². The standard InChI is InChI=1S/C23H29N5/c1-4-28(18-19-11-7-5-8-12-19)22-17-21(24-15-16-27(2)3)25-23(26-22)20-13-9-6-10-14-20/h5-14,17H,4,15-16,18H2,1-3H3,(H,24,25,26). The number of nitrogens with zero attached hydrogens (tertiary/aromatic N) is 4. The molecule has 0 saturated heterocycles. The van der Waals surface area contributed by atoms with E-state index in [2.05, 4.69) is 78.6 Å². The largest absolute Gasteiger partial charge is 0.369 e. The zero-order valence-electron chi connectivity index (χ0n) is 17.0. The predicted octanol–water partition coefficient (Wildman–Crippen LogP) is 4.14. The van der Waals surface area contributed by atoms with Crippen LogP contribution in [0.5, 0.6) is 0 Å². The second-order valence-corrected chi connectivity index (χ2v) is 7.03. The Morgan fingerprint density at radius 1 is 0.893 bits per heavy atom. The van der Waals surface area contributed by atoms with E-state index in [4.69, 9.17) is 9.97 Å². The van der Waals surface area contributed by atoms with Crippen LogP contribution in [-0.2, 0) is 6.54 Å². The molecule has 0 fully saturated rings. The summed E-state index contributed by atoms with van der Waals surface area (Å²) in [5.41, 5.74) is 2.29. The van der Waals surface area contributed by atoms with E-state index in [0.29, 0.717) is 0 Å². The summed E-state index contributed by atoms with van der Waals surface area (Å²) in [5, 5.41) is 3.45. The number of likely N-dealkylation sites (N-methyl/N-ethyl adjacent to an activating group) is 1. The summed E-state index contributed by atoms with van der Waals surface area (Å²) < 4.78 is 0. The first kappa shape index (κ1) is 19.8. The average Bonchev–Trinajstić information content (AvgIpc) is 2.73. The van der Waals surface area contributed by atoms with Crippen LogP contribution in [0.2, 0.25) is 0 Å². The molecule has 0 saturated carbocycles. The van der Waals surface area contributed by atoms with Gasteiger partial charge in [-0.3, -0.25) is 0 Å². The molecule has 1 heterocycles. The van der Waals surface area contributed by atoms with Gasteiger partial charge in [0.05, 0.1) is 0 Å². The van der Waals surface area contributed by atoms with Gasteiger partial charge in [0.2, 0.25) is 0 Å². The van der Waals surface area contributed by atoms with Crippen molar-refractivity contribution in [3.8, 4) is 11.4 Å². The van der Waals surface area contributed by atoms with Gasteiger partial charge in [0.1, 0.15) is 11.6 Å². The molecule has 0 radical (unpaired) electrons. The molecule has 2 aromatic carbocycles. The number of benzene rings is 2. The van der Waals surface area contributed by atoms with E-state index in [1.165, 1.54) is 5.56 Å². The lowest BCUT2D eigenvalue weighted by Gasteiger charge is -2.23. The maximum absolute atomic E-state index is 4.88.